The highest BCUT2D eigenvalue weighted by Crippen LogP contribution is 2.22. The first-order valence-corrected chi connectivity index (χ1v) is 9.85. The van der Waals surface area contributed by atoms with Gasteiger partial charge in [-0.15, -0.1) is 0 Å². The molecular formula is C23H18N4O5. The Morgan fingerprint density at radius 2 is 1.69 bits per heavy atom. The predicted octanol–water partition coefficient (Wildman–Crippen LogP) is 1.98. The van der Waals surface area contributed by atoms with Crippen LogP contribution in [0.15, 0.2) is 64.3 Å². The summed E-state index contributed by atoms with van der Waals surface area (Å²) in [5, 5.41) is 12.3. The van der Waals surface area contributed by atoms with E-state index in [1.54, 1.807) is 30.5 Å². The van der Waals surface area contributed by atoms with E-state index in [2.05, 4.69) is 11.2 Å². The van der Waals surface area contributed by atoms with E-state index < -0.39 is 36.0 Å². The van der Waals surface area contributed by atoms with E-state index in [0.717, 1.165) is 10.2 Å². The topological polar surface area (TPSA) is 127 Å². The number of para-hydroxylation sites is 1. The maximum Gasteiger partial charge on any atom is 0.328 e. The van der Waals surface area contributed by atoms with Crippen LogP contribution in [0.2, 0.25) is 0 Å². The van der Waals surface area contributed by atoms with Crippen LogP contribution in [0, 0.1) is 11.3 Å². The van der Waals surface area contributed by atoms with Gasteiger partial charge < -0.3 is 9.30 Å². The van der Waals surface area contributed by atoms with Crippen molar-refractivity contribution in [3.63, 3.8) is 0 Å². The molecule has 0 aliphatic heterocycles. The van der Waals surface area contributed by atoms with E-state index in [9.17, 15) is 19.2 Å². The second-order valence-corrected chi connectivity index (χ2v) is 7.12. The Kier molecular flexibility index (Phi) is 5.68. The van der Waals surface area contributed by atoms with E-state index in [-0.39, 0.29) is 10.8 Å². The number of ether oxygens (including phenoxy) is 1. The molecule has 0 bridgehead atoms. The molecule has 0 saturated heterocycles. The molecule has 0 spiro atoms. The minimum absolute atomic E-state index is 0.185. The van der Waals surface area contributed by atoms with E-state index in [0.29, 0.717) is 23.9 Å². The number of benzene rings is 2. The number of carbonyl (C=O) groups excluding carboxylic acids is 2. The molecule has 2 aromatic carbocycles. The molecule has 0 saturated carbocycles. The molecule has 32 heavy (non-hydrogen) atoms. The van der Waals surface area contributed by atoms with Crippen molar-refractivity contribution in [1.29, 1.82) is 5.26 Å². The number of Topliss-reactive ketones (excluding diaryl/α,β-unsaturated/α-hetero) is 1. The van der Waals surface area contributed by atoms with Gasteiger partial charge in [0.15, 0.2) is 6.61 Å². The molecule has 2 heterocycles. The Morgan fingerprint density at radius 1 is 1.00 bits per heavy atom. The largest absolute Gasteiger partial charge is 0.456 e. The van der Waals surface area contributed by atoms with Gasteiger partial charge in [-0.3, -0.25) is 24.3 Å². The highest BCUT2D eigenvalue weighted by atomic mass is 16.5. The van der Waals surface area contributed by atoms with Crippen LogP contribution in [0.25, 0.3) is 21.7 Å². The fourth-order valence-electron chi connectivity index (χ4n) is 3.58. The van der Waals surface area contributed by atoms with Crippen molar-refractivity contribution in [2.45, 2.75) is 19.5 Å². The Hall–Kier alpha value is -4.45. The Morgan fingerprint density at radius 3 is 2.44 bits per heavy atom. The van der Waals surface area contributed by atoms with Crippen LogP contribution in [0.4, 0.5) is 0 Å². The van der Waals surface area contributed by atoms with Gasteiger partial charge in [-0.2, -0.15) is 5.26 Å². The van der Waals surface area contributed by atoms with Gasteiger partial charge in [0.2, 0.25) is 5.78 Å². The number of ketones is 1. The van der Waals surface area contributed by atoms with Crippen LogP contribution in [0.5, 0.6) is 0 Å². The summed E-state index contributed by atoms with van der Waals surface area (Å²) >= 11 is 0. The molecular weight excluding hydrogens is 412 g/mol. The summed E-state index contributed by atoms with van der Waals surface area (Å²) < 4.78 is 7.76. The number of carbonyl (C=O) groups is 2. The average molecular weight is 430 g/mol. The Balaban J connectivity index is 1.50. The van der Waals surface area contributed by atoms with Crippen LogP contribution < -0.4 is 11.1 Å². The van der Waals surface area contributed by atoms with E-state index in [4.69, 9.17) is 10.00 Å². The molecule has 0 amide bonds. The first-order valence-electron chi connectivity index (χ1n) is 9.85. The number of esters is 1. The summed E-state index contributed by atoms with van der Waals surface area (Å²) in [6.07, 6.45) is 1.93. The number of nitrogens with zero attached hydrogens (tertiary/aromatic N) is 3. The molecule has 4 aromatic rings. The lowest BCUT2D eigenvalue weighted by Crippen LogP contribution is -2.33. The van der Waals surface area contributed by atoms with Gasteiger partial charge in [-0.05, 0) is 18.2 Å². The van der Waals surface area contributed by atoms with Gasteiger partial charge in [0.25, 0.3) is 11.1 Å². The standard InChI is InChI=1S/C23H18N4O5/c24-10-5-11-26-12-18(15-6-3-4-9-19(15)26)20(28)14-32-21(29)13-27-23(31)17-8-2-1-7-16(17)22(30)25-27/h1-4,6-9,12H,5,11,13-14H2,(H,25,30). The Bertz CT molecular complexity index is 1500. The minimum Gasteiger partial charge on any atom is -0.456 e. The third kappa shape index (κ3) is 3.94. The summed E-state index contributed by atoms with van der Waals surface area (Å²) in [5.41, 5.74) is 0.138. The minimum atomic E-state index is -0.834. The zero-order chi connectivity index (χ0) is 22.7. The number of aromatic amines is 1. The lowest BCUT2D eigenvalue weighted by molar-refractivity contribution is -0.143. The number of H-pyrrole nitrogens is 1. The van der Waals surface area contributed by atoms with Crippen LogP contribution in [-0.2, 0) is 22.6 Å². The molecule has 9 nitrogen and oxygen atoms in total. The first-order chi connectivity index (χ1) is 15.5. The number of hydrogen-bond acceptors (Lipinski definition) is 6. The highest BCUT2D eigenvalue weighted by molar-refractivity contribution is 6.09. The number of nitrogens with one attached hydrogen (secondary N) is 1. The van der Waals surface area contributed by atoms with Crippen LogP contribution in [0.3, 0.4) is 0 Å². The lowest BCUT2D eigenvalue weighted by Gasteiger charge is -2.07. The number of rotatable bonds is 7. The number of aromatic nitrogens is 3. The van der Waals surface area contributed by atoms with E-state index >= 15 is 0 Å². The lowest BCUT2D eigenvalue weighted by atomic mass is 10.1. The molecule has 0 aliphatic rings. The summed E-state index contributed by atoms with van der Waals surface area (Å²) in [6.45, 7) is -0.615. The summed E-state index contributed by atoms with van der Waals surface area (Å²) in [7, 11) is 0. The molecule has 4 rings (SSSR count). The van der Waals surface area contributed by atoms with Crippen LogP contribution in [0.1, 0.15) is 16.8 Å². The van der Waals surface area contributed by atoms with Crippen molar-refractivity contribution >= 4 is 33.4 Å². The average Bonchev–Trinajstić information content (AvgIpc) is 3.18. The molecule has 1 N–H and O–H groups in total. The predicted molar refractivity (Wildman–Crippen MR) is 116 cm³/mol. The SMILES string of the molecule is N#CCCn1cc(C(=O)COC(=O)Cn2[nH]c(=O)c3ccccc3c2=O)c2ccccc21. The summed E-state index contributed by atoms with van der Waals surface area (Å²) in [4.78, 5) is 49.6. The van der Waals surface area contributed by atoms with Crippen molar-refractivity contribution in [2.75, 3.05) is 6.61 Å². The smallest absolute Gasteiger partial charge is 0.328 e. The molecule has 2 aromatic heterocycles. The normalized spacial score (nSPS) is 10.8. The third-order valence-electron chi connectivity index (χ3n) is 5.09. The number of hydrogen-bond donors (Lipinski definition) is 1. The number of aryl methyl sites for hydroxylation is 1. The monoisotopic (exact) mass is 430 g/mol. The fraction of sp³-hybridized carbons (Fsp3) is 0.174. The summed E-state index contributed by atoms with van der Waals surface area (Å²) in [6, 6.07) is 15.6. The Labute approximate surface area is 181 Å². The molecule has 0 atom stereocenters. The zero-order valence-electron chi connectivity index (χ0n) is 16.9. The van der Waals surface area contributed by atoms with E-state index in [1.807, 2.05) is 16.7 Å². The highest BCUT2D eigenvalue weighted by Gasteiger charge is 2.17. The van der Waals surface area contributed by atoms with Crippen molar-refractivity contribution in [3.05, 3.63) is 81.0 Å². The quantitative estimate of drug-likeness (QED) is 0.353. The fourth-order valence-corrected chi connectivity index (χ4v) is 3.58. The van der Waals surface area contributed by atoms with Gasteiger partial charge in [0, 0.05) is 29.2 Å². The van der Waals surface area contributed by atoms with E-state index in [1.165, 1.54) is 12.1 Å². The summed E-state index contributed by atoms with van der Waals surface area (Å²) in [5.74, 6) is -1.25. The zero-order valence-corrected chi connectivity index (χ0v) is 16.9. The van der Waals surface area contributed by atoms with Crippen molar-refractivity contribution < 1.29 is 14.3 Å². The first kappa shape index (κ1) is 20.8. The second kappa shape index (κ2) is 8.73. The molecule has 0 fully saturated rings. The van der Waals surface area contributed by atoms with Crippen LogP contribution in [-0.4, -0.2) is 32.7 Å². The van der Waals surface area contributed by atoms with Gasteiger partial charge >= 0.3 is 5.97 Å². The second-order valence-electron chi connectivity index (χ2n) is 7.12. The number of fused-ring (bicyclic) bond motifs is 2. The molecule has 160 valence electrons. The third-order valence-corrected chi connectivity index (χ3v) is 5.09. The molecule has 9 heteroatoms. The molecule has 0 aliphatic carbocycles. The van der Waals surface area contributed by atoms with Crippen molar-refractivity contribution in [1.82, 2.24) is 14.3 Å². The maximum atomic E-state index is 12.7. The molecule has 0 unspecified atom stereocenters. The van der Waals surface area contributed by atoms with Crippen LogP contribution >= 0.6 is 0 Å². The van der Waals surface area contributed by atoms with Crippen molar-refractivity contribution in [3.8, 4) is 6.07 Å². The maximum absolute atomic E-state index is 12.7. The van der Waals surface area contributed by atoms with Gasteiger partial charge in [-0.1, -0.05) is 30.3 Å². The van der Waals surface area contributed by atoms with Crippen molar-refractivity contribution in [2.24, 2.45) is 0 Å². The van der Waals surface area contributed by atoms with Gasteiger partial charge in [0.05, 0.1) is 23.3 Å². The number of nitriles is 1. The van der Waals surface area contributed by atoms with Gasteiger partial charge in [-0.25, -0.2) is 4.68 Å². The molecule has 0 radical (unpaired) electrons. The van der Waals surface area contributed by atoms with Gasteiger partial charge in [0.1, 0.15) is 6.54 Å².